The van der Waals surface area contributed by atoms with Crippen molar-refractivity contribution in [2.45, 2.75) is 64.1 Å². The summed E-state index contributed by atoms with van der Waals surface area (Å²) in [5.41, 5.74) is 3.96. The van der Waals surface area contributed by atoms with Crippen LogP contribution in [-0.4, -0.2) is 22.8 Å². The van der Waals surface area contributed by atoms with E-state index in [2.05, 4.69) is 74.6 Å². The molecule has 0 spiro atoms. The normalized spacial score (nSPS) is 24.2. The Balaban J connectivity index is 1.57. The lowest BCUT2D eigenvalue weighted by molar-refractivity contribution is 0.0543. The molecule has 1 fully saturated rings. The van der Waals surface area contributed by atoms with E-state index in [0.717, 1.165) is 19.3 Å². The molecule has 0 heterocycles. The standard InChI is InChI=1S/C23H31NO/c1-23(2,3)24-21-14-11-18(16-22(21)25)15-17-9-12-20(13-10-17)19-7-5-4-6-8-19/h4-10,12-13,18,21-22,24-25H,11,14-16H2,1-3H3/t18-,21-,22-/m1/s1. The van der Waals surface area contributed by atoms with Crippen LogP contribution in [0.2, 0.25) is 0 Å². The van der Waals surface area contributed by atoms with Gasteiger partial charge in [-0.05, 0) is 69.1 Å². The highest BCUT2D eigenvalue weighted by Gasteiger charge is 2.31. The third-order valence-corrected chi connectivity index (χ3v) is 5.13. The summed E-state index contributed by atoms with van der Waals surface area (Å²) >= 11 is 0. The molecule has 0 aliphatic heterocycles. The van der Waals surface area contributed by atoms with Crippen LogP contribution in [-0.2, 0) is 6.42 Å². The maximum Gasteiger partial charge on any atom is 0.0696 e. The molecule has 2 nitrogen and oxygen atoms in total. The summed E-state index contributed by atoms with van der Waals surface area (Å²) in [6.07, 6.45) is 3.97. The minimum absolute atomic E-state index is 0.0613. The highest BCUT2D eigenvalue weighted by Crippen LogP contribution is 2.29. The summed E-state index contributed by atoms with van der Waals surface area (Å²) in [6, 6.07) is 19.7. The van der Waals surface area contributed by atoms with Crippen LogP contribution < -0.4 is 5.32 Å². The number of benzene rings is 2. The lowest BCUT2D eigenvalue weighted by Crippen LogP contribution is -2.51. The molecule has 0 bridgehead atoms. The SMILES string of the molecule is CC(C)(C)N[C@@H]1CC[C@H](Cc2ccc(-c3ccccc3)cc2)C[C@H]1O. The minimum atomic E-state index is -0.235. The predicted molar refractivity (Wildman–Crippen MR) is 106 cm³/mol. The summed E-state index contributed by atoms with van der Waals surface area (Å²) in [7, 11) is 0. The Labute approximate surface area is 152 Å². The van der Waals surface area contributed by atoms with Crippen molar-refractivity contribution in [3.05, 3.63) is 60.2 Å². The van der Waals surface area contributed by atoms with Gasteiger partial charge in [0.1, 0.15) is 0 Å². The van der Waals surface area contributed by atoms with Crippen LogP contribution in [0.3, 0.4) is 0 Å². The lowest BCUT2D eigenvalue weighted by Gasteiger charge is -2.38. The van der Waals surface area contributed by atoms with Crippen molar-refractivity contribution in [2.24, 2.45) is 5.92 Å². The maximum absolute atomic E-state index is 10.5. The van der Waals surface area contributed by atoms with Crippen LogP contribution in [0.1, 0.15) is 45.6 Å². The fourth-order valence-corrected chi connectivity index (χ4v) is 3.94. The Hall–Kier alpha value is -1.64. The molecule has 2 aromatic carbocycles. The van der Waals surface area contributed by atoms with Gasteiger partial charge in [0.25, 0.3) is 0 Å². The first kappa shape index (κ1) is 18.2. The van der Waals surface area contributed by atoms with Gasteiger partial charge in [-0.15, -0.1) is 0 Å². The number of nitrogens with one attached hydrogen (secondary N) is 1. The number of rotatable bonds is 4. The Morgan fingerprint density at radius 2 is 1.56 bits per heavy atom. The van der Waals surface area contributed by atoms with Crippen molar-refractivity contribution < 1.29 is 5.11 Å². The van der Waals surface area contributed by atoms with Crippen molar-refractivity contribution in [3.8, 4) is 11.1 Å². The van der Waals surface area contributed by atoms with Gasteiger partial charge < -0.3 is 10.4 Å². The van der Waals surface area contributed by atoms with Gasteiger partial charge >= 0.3 is 0 Å². The molecule has 0 saturated heterocycles. The average molecular weight is 338 g/mol. The molecular formula is C23H31NO. The highest BCUT2D eigenvalue weighted by atomic mass is 16.3. The molecule has 0 radical (unpaired) electrons. The molecule has 3 atom stereocenters. The topological polar surface area (TPSA) is 32.3 Å². The lowest BCUT2D eigenvalue weighted by atomic mass is 9.80. The van der Waals surface area contributed by atoms with Crippen LogP contribution in [0.5, 0.6) is 0 Å². The van der Waals surface area contributed by atoms with Gasteiger partial charge in [-0.3, -0.25) is 0 Å². The van der Waals surface area contributed by atoms with Crippen LogP contribution in [0, 0.1) is 5.92 Å². The molecule has 2 N–H and O–H groups in total. The molecule has 1 aliphatic rings. The van der Waals surface area contributed by atoms with Gasteiger partial charge in [-0.1, -0.05) is 54.6 Å². The third kappa shape index (κ3) is 5.17. The largest absolute Gasteiger partial charge is 0.391 e. The van der Waals surface area contributed by atoms with Gasteiger partial charge in [0, 0.05) is 11.6 Å². The van der Waals surface area contributed by atoms with E-state index in [1.165, 1.54) is 23.1 Å². The number of aliphatic hydroxyl groups excluding tert-OH is 1. The van der Waals surface area contributed by atoms with E-state index in [9.17, 15) is 5.11 Å². The highest BCUT2D eigenvalue weighted by molar-refractivity contribution is 5.63. The smallest absolute Gasteiger partial charge is 0.0696 e. The van der Waals surface area contributed by atoms with E-state index in [1.807, 2.05) is 6.07 Å². The summed E-state index contributed by atoms with van der Waals surface area (Å²) in [6.45, 7) is 6.50. The van der Waals surface area contributed by atoms with E-state index in [4.69, 9.17) is 0 Å². The molecular weight excluding hydrogens is 306 g/mol. The summed E-state index contributed by atoms with van der Waals surface area (Å²) in [5.74, 6) is 0.579. The number of aliphatic hydroxyl groups is 1. The van der Waals surface area contributed by atoms with E-state index < -0.39 is 0 Å². The van der Waals surface area contributed by atoms with Crippen molar-refractivity contribution >= 4 is 0 Å². The Morgan fingerprint density at radius 3 is 2.16 bits per heavy atom. The van der Waals surface area contributed by atoms with Crippen molar-refractivity contribution in [2.75, 3.05) is 0 Å². The number of hydrogen-bond acceptors (Lipinski definition) is 2. The summed E-state index contributed by atoms with van der Waals surface area (Å²) in [5, 5.41) is 14.1. The fraction of sp³-hybridized carbons (Fsp3) is 0.478. The molecule has 3 rings (SSSR count). The van der Waals surface area contributed by atoms with E-state index in [0.29, 0.717) is 5.92 Å². The monoisotopic (exact) mass is 337 g/mol. The van der Waals surface area contributed by atoms with Gasteiger partial charge in [-0.25, -0.2) is 0 Å². The van der Waals surface area contributed by atoms with Gasteiger partial charge in [-0.2, -0.15) is 0 Å². The molecule has 25 heavy (non-hydrogen) atoms. The predicted octanol–water partition coefficient (Wildman–Crippen LogP) is 4.81. The van der Waals surface area contributed by atoms with Crippen LogP contribution >= 0.6 is 0 Å². The zero-order valence-electron chi connectivity index (χ0n) is 15.7. The van der Waals surface area contributed by atoms with Gasteiger partial charge in [0.2, 0.25) is 0 Å². The summed E-state index contributed by atoms with van der Waals surface area (Å²) in [4.78, 5) is 0. The van der Waals surface area contributed by atoms with Crippen LogP contribution in [0.25, 0.3) is 11.1 Å². The van der Waals surface area contributed by atoms with Crippen LogP contribution in [0.15, 0.2) is 54.6 Å². The third-order valence-electron chi connectivity index (χ3n) is 5.13. The maximum atomic E-state index is 10.5. The second kappa shape index (κ2) is 7.72. The van der Waals surface area contributed by atoms with E-state index in [1.54, 1.807) is 0 Å². The molecule has 2 aromatic rings. The summed E-state index contributed by atoms with van der Waals surface area (Å²) < 4.78 is 0. The molecule has 134 valence electrons. The second-order valence-electron chi connectivity index (χ2n) is 8.51. The van der Waals surface area contributed by atoms with E-state index in [-0.39, 0.29) is 17.7 Å². The second-order valence-corrected chi connectivity index (χ2v) is 8.51. The first-order valence-electron chi connectivity index (χ1n) is 9.51. The molecule has 1 saturated carbocycles. The zero-order chi connectivity index (χ0) is 17.9. The van der Waals surface area contributed by atoms with Crippen molar-refractivity contribution in [1.82, 2.24) is 5.32 Å². The molecule has 0 aromatic heterocycles. The molecule has 0 amide bonds. The van der Waals surface area contributed by atoms with Gasteiger partial charge in [0.15, 0.2) is 0 Å². The fourth-order valence-electron chi connectivity index (χ4n) is 3.94. The van der Waals surface area contributed by atoms with Crippen molar-refractivity contribution in [3.63, 3.8) is 0 Å². The molecule has 2 heteroatoms. The average Bonchev–Trinajstić information content (AvgIpc) is 2.58. The van der Waals surface area contributed by atoms with Crippen LogP contribution in [0.4, 0.5) is 0 Å². The molecule has 1 aliphatic carbocycles. The first-order valence-corrected chi connectivity index (χ1v) is 9.51. The molecule has 0 unspecified atom stereocenters. The van der Waals surface area contributed by atoms with Gasteiger partial charge in [0.05, 0.1) is 6.10 Å². The quantitative estimate of drug-likeness (QED) is 0.839. The van der Waals surface area contributed by atoms with E-state index >= 15 is 0 Å². The van der Waals surface area contributed by atoms with Crippen molar-refractivity contribution in [1.29, 1.82) is 0 Å². The zero-order valence-corrected chi connectivity index (χ0v) is 15.7. The Morgan fingerprint density at radius 1 is 0.920 bits per heavy atom. The minimum Gasteiger partial charge on any atom is -0.391 e. The number of hydrogen-bond donors (Lipinski definition) is 2. The first-order chi connectivity index (χ1) is 11.9. The Kier molecular flexibility index (Phi) is 5.61. The Bertz CT molecular complexity index is 657.